The van der Waals surface area contributed by atoms with Crippen molar-refractivity contribution in [2.75, 3.05) is 5.32 Å². The first-order valence-corrected chi connectivity index (χ1v) is 6.75. The van der Waals surface area contributed by atoms with Crippen LogP contribution in [-0.4, -0.2) is 9.97 Å². The molecule has 3 N–H and O–H groups in total. The number of hydrogen-bond acceptors (Lipinski definition) is 4. The van der Waals surface area contributed by atoms with Crippen molar-refractivity contribution < 1.29 is 0 Å². The van der Waals surface area contributed by atoms with Gasteiger partial charge in [-0.15, -0.1) is 0 Å². The molecule has 19 heavy (non-hydrogen) atoms. The molecule has 0 saturated carbocycles. The average Bonchev–Trinajstić information content (AvgIpc) is 2.48. The zero-order valence-corrected chi connectivity index (χ0v) is 10.9. The fourth-order valence-corrected chi connectivity index (χ4v) is 2.49. The van der Waals surface area contributed by atoms with Crippen molar-refractivity contribution in [3.63, 3.8) is 0 Å². The van der Waals surface area contributed by atoms with E-state index < -0.39 is 0 Å². The molecule has 0 radical (unpaired) electrons. The lowest BCUT2D eigenvalue weighted by molar-refractivity contribution is 0.664. The Hall–Kier alpha value is -1.94. The summed E-state index contributed by atoms with van der Waals surface area (Å²) in [6, 6.07) is 8.16. The summed E-state index contributed by atoms with van der Waals surface area (Å²) in [6.07, 6.45) is 6.24. The van der Waals surface area contributed by atoms with E-state index in [9.17, 15) is 0 Å². The SMILES string of the molecule is NCc1ccc(Nc2ncnc3c2CCCC3)cc1. The van der Waals surface area contributed by atoms with E-state index in [1.165, 1.54) is 24.1 Å². The molecule has 98 valence electrons. The van der Waals surface area contributed by atoms with E-state index in [1.54, 1.807) is 6.33 Å². The van der Waals surface area contributed by atoms with Gasteiger partial charge in [0.05, 0.1) is 0 Å². The van der Waals surface area contributed by atoms with Crippen LogP contribution in [0.4, 0.5) is 11.5 Å². The van der Waals surface area contributed by atoms with E-state index >= 15 is 0 Å². The summed E-state index contributed by atoms with van der Waals surface area (Å²) in [6.45, 7) is 0.573. The third-order valence-electron chi connectivity index (χ3n) is 3.58. The Kier molecular flexibility index (Phi) is 3.42. The quantitative estimate of drug-likeness (QED) is 0.883. The number of aromatic nitrogens is 2. The van der Waals surface area contributed by atoms with Gasteiger partial charge in [0.25, 0.3) is 0 Å². The summed E-state index contributed by atoms with van der Waals surface area (Å²) in [5.74, 6) is 0.949. The third kappa shape index (κ3) is 2.58. The number of aryl methyl sites for hydroxylation is 1. The van der Waals surface area contributed by atoms with Gasteiger partial charge in [-0.1, -0.05) is 12.1 Å². The molecular weight excluding hydrogens is 236 g/mol. The molecule has 0 saturated heterocycles. The van der Waals surface area contributed by atoms with E-state index in [0.717, 1.165) is 29.9 Å². The molecule has 4 nitrogen and oxygen atoms in total. The zero-order chi connectivity index (χ0) is 13.1. The van der Waals surface area contributed by atoms with Crippen molar-refractivity contribution in [3.05, 3.63) is 47.4 Å². The van der Waals surface area contributed by atoms with E-state index in [4.69, 9.17) is 5.73 Å². The van der Waals surface area contributed by atoms with Crippen LogP contribution in [-0.2, 0) is 19.4 Å². The number of nitrogens with two attached hydrogens (primary N) is 1. The molecule has 0 amide bonds. The van der Waals surface area contributed by atoms with Gasteiger partial charge in [0.1, 0.15) is 12.1 Å². The number of rotatable bonds is 3. The van der Waals surface area contributed by atoms with E-state index in [0.29, 0.717) is 6.54 Å². The molecule has 1 aromatic carbocycles. The maximum atomic E-state index is 5.60. The number of nitrogens with zero attached hydrogens (tertiary/aromatic N) is 2. The Morgan fingerprint density at radius 2 is 1.84 bits per heavy atom. The van der Waals surface area contributed by atoms with Crippen molar-refractivity contribution in [1.29, 1.82) is 0 Å². The Labute approximate surface area is 113 Å². The lowest BCUT2D eigenvalue weighted by Crippen LogP contribution is -2.10. The van der Waals surface area contributed by atoms with Gasteiger partial charge in [-0.05, 0) is 43.4 Å². The van der Waals surface area contributed by atoms with Crippen molar-refractivity contribution >= 4 is 11.5 Å². The average molecular weight is 254 g/mol. The van der Waals surface area contributed by atoms with Crippen LogP contribution in [0.5, 0.6) is 0 Å². The van der Waals surface area contributed by atoms with Gasteiger partial charge in [-0.25, -0.2) is 9.97 Å². The fourth-order valence-electron chi connectivity index (χ4n) is 2.49. The molecule has 0 atom stereocenters. The minimum Gasteiger partial charge on any atom is -0.340 e. The molecular formula is C15H18N4. The molecule has 0 bridgehead atoms. The van der Waals surface area contributed by atoms with Gasteiger partial charge in [-0.2, -0.15) is 0 Å². The van der Waals surface area contributed by atoms with Gasteiger partial charge in [-0.3, -0.25) is 0 Å². The summed E-state index contributed by atoms with van der Waals surface area (Å²) in [7, 11) is 0. The highest BCUT2D eigenvalue weighted by Crippen LogP contribution is 2.26. The second kappa shape index (κ2) is 5.36. The highest BCUT2D eigenvalue weighted by molar-refractivity contribution is 5.60. The monoisotopic (exact) mass is 254 g/mol. The van der Waals surface area contributed by atoms with Crippen LogP contribution < -0.4 is 11.1 Å². The second-order valence-electron chi connectivity index (χ2n) is 4.88. The lowest BCUT2D eigenvalue weighted by atomic mass is 9.96. The van der Waals surface area contributed by atoms with Crippen molar-refractivity contribution in [2.24, 2.45) is 5.73 Å². The van der Waals surface area contributed by atoms with Crippen LogP contribution in [0.25, 0.3) is 0 Å². The van der Waals surface area contributed by atoms with Crippen molar-refractivity contribution in [3.8, 4) is 0 Å². The molecule has 2 aromatic rings. The Morgan fingerprint density at radius 1 is 1.05 bits per heavy atom. The molecule has 4 heteroatoms. The van der Waals surface area contributed by atoms with Crippen molar-refractivity contribution in [1.82, 2.24) is 9.97 Å². The third-order valence-corrected chi connectivity index (χ3v) is 3.58. The smallest absolute Gasteiger partial charge is 0.137 e. The minimum absolute atomic E-state index is 0.573. The number of hydrogen-bond donors (Lipinski definition) is 2. The summed E-state index contributed by atoms with van der Waals surface area (Å²) >= 11 is 0. The fraction of sp³-hybridized carbons (Fsp3) is 0.333. The highest BCUT2D eigenvalue weighted by Gasteiger charge is 2.15. The molecule has 1 aliphatic carbocycles. The Balaban J connectivity index is 1.86. The molecule has 1 aliphatic rings. The summed E-state index contributed by atoms with van der Waals surface area (Å²) in [5, 5.41) is 3.39. The highest BCUT2D eigenvalue weighted by atomic mass is 15.0. The summed E-state index contributed by atoms with van der Waals surface area (Å²) < 4.78 is 0. The first kappa shape index (κ1) is 12.1. The first-order chi connectivity index (χ1) is 9.36. The predicted octanol–water partition coefficient (Wildman–Crippen LogP) is 2.56. The maximum Gasteiger partial charge on any atom is 0.137 e. The summed E-state index contributed by atoms with van der Waals surface area (Å²) in [5.41, 5.74) is 10.3. The Bertz CT molecular complexity index is 563. The van der Waals surface area contributed by atoms with E-state index in [-0.39, 0.29) is 0 Å². The number of fused-ring (bicyclic) bond motifs is 1. The second-order valence-corrected chi connectivity index (χ2v) is 4.88. The molecule has 0 unspecified atom stereocenters. The van der Waals surface area contributed by atoms with Gasteiger partial charge in [0.2, 0.25) is 0 Å². The largest absolute Gasteiger partial charge is 0.340 e. The van der Waals surface area contributed by atoms with Gasteiger partial charge in [0.15, 0.2) is 0 Å². The molecule has 1 aromatic heterocycles. The van der Waals surface area contributed by atoms with Crippen molar-refractivity contribution in [2.45, 2.75) is 32.2 Å². The number of nitrogens with one attached hydrogen (secondary N) is 1. The summed E-state index contributed by atoms with van der Waals surface area (Å²) in [4.78, 5) is 8.76. The van der Waals surface area contributed by atoms with Crippen LogP contribution in [0, 0.1) is 0 Å². The first-order valence-electron chi connectivity index (χ1n) is 6.75. The normalized spacial score (nSPS) is 13.9. The van der Waals surface area contributed by atoms with E-state index in [2.05, 4.69) is 15.3 Å². The van der Waals surface area contributed by atoms with Crippen LogP contribution in [0.1, 0.15) is 29.7 Å². The standard InChI is InChI=1S/C15H18N4/c16-9-11-5-7-12(8-6-11)19-15-13-3-1-2-4-14(13)17-10-18-15/h5-8,10H,1-4,9,16H2,(H,17,18,19). The maximum absolute atomic E-state index is 5.60. The lowest BCUT2D eigenvalue weighted by Gasteiger charge is -2.18. The zero-order valence-electron chi connectivity index (χ0n) is 10.9. The van der Waals surface area contributed by atoms with Crippen LogP contribution in [0.2, 0.25) is 0 Å². The minimum atomic E-state index is 0.573. The predicted molar refractivity (Wildman–Crippen MR) is 76.3 cm³/mol. The van der Waals surface area contributed by atoms with Gasteiger partial charge >= 0.3 is 0 Å². The molecule has 0 spiro atoms. The number of anilines is 2. The molecule has 0 fully saturated rings. The Morgan fingerprint density at radius 3 is 2.63 bits per heavy atom. The van der Waals surface area contributed by atoms with Gasteiger partial charge < -0.3 is 11.1 Å². The molecule has 1 heterocycles. The van der Waals surface area contributed by atoms with E-state index in [1.807, 2.05) is 24.3 Å². The van der Waals surface area contributed by atoms with Crippen LogP contribution in [0.15, 0.2) is 30.6 Å². The van der Waals surface area contributed by atoms with Crippen LogP contribution >= 0.6 is 0 Å². The van der Waals surface area contributed by atoms with Crippen LogP contribution in [0.3, 0.4) is 0 Å². The number of benzene rings is 1. The molecule has 3 rings (SSSR count). The topological polar surface area (TPSA) is 63.8 Å². The van der Waals surface area contributed by atoms with Gasteiger partial charge in [0, 0.05) is 23.5 Å². The molecule has 0 aliphatic heterocycles.